The van der Waals surface area contributed by atoms with Crippen LogP contribution in [-0.4, -0.2) is 25.8 Å². The molecule has 1 fully saturated rings. The first-order chi connectivity index (χ1) is 15.3. The summed E-state index contributed by atoms with van der Waals surface area (Å²) in [4.78, 5) is 21.2. The van der Waals surface area contributed by atoms with Crippen molar-refractivity contribution in [1.29, 1.82) is 0 Å². The lowest BCUT2D eigenvalue weighted by atomic mass is 9.85. The van der Waals surface area contributed by atoms with Crippen molar-refractivity contribution in [3.63, 3.8) is 0 Å². The molecule has 6 heteroatoms. The van der Waals surface area contributed by atoms with E-state index in [1.807, 2.05) is 12.1 Å². The van der Waals surface area contributed by atoms with E-state index in [0.29, 0.717) is 42.5 Å². The Hall–Kier alpha value is -2.50. The molecule has 0 amide bonds. The van der Waals surface area contributed by atoms with Gasteiger partial charge in [0.05, 0.1) is 0 Å². The Morgan fingerprint density at radius 2 is 1.81 bits per heavy atom. The molecule has 2 aromatic heterocycles. The second kappa shape index (κ2) is 9.55. The van der Waals surface area contributed by atoms with E-state index < -0.39 is 6.17 Å². The summed E-state index contributed by atoms with van der Waals surface area (Å²) in [6, 6.07) is 9.68. The third-order valence-electron chi connectivity index (χ3n) is 6.73. The molecule has 4 rings (SSSR count). The van der Waals surface area contributed by atoms with Gasteiger partial charge in [0.2, 0.25) is 0 Å². The molecule has 0 spiro atoms. The van der Waals surface area contributed by atoms with Gasteiger partial charge in [0.15, 0.2) is 11.5 Å². The highest BCUT2D eigenvalue weighted by molar-refractivity contribution is 5.58. The Kier molecular flexibility index (Phi) is 6.77. The van der Waals surface area contributed by atoms with Gasteiger partial charge < -0.3 is 0 Å². The number of nitrogens with one attached hydrogen (secondary N) is 1. The number of hydrogen-bond acceptors (Lipinski definition) is 3. The summed E-state index contributed by atoms with van der Waals surface area (Å²) >= 11 is 0. The van der Waals surface area contributed by atoms with E-state index in [0.717, 1.165) is 12.0 Å². The summed E-state index contributed by atoms with van der Waals surface area (Å²) in [6.07, 6.45) is 8.03. The first-order valence-electron chi connectivity index (χ1n) is 12.0. The van der Waals surface area contributed by atoms with Gasteiger partial charge in [-0.05, 0) is 36.2 Å². The topological polar surface area (TPSA) is 63.1 Å². The fourth-order valence-corrected chi connectivity index (χ4v) is 4.70. The Labute approximate surface area is 189 Å². The largest absolute Gasteiger partial charge is 0.268 e. The minimum Gasteiger partial charge on any atom is -0.268 e. The Morgan fingerprint density at radius 1 is 1.09 bits per heavy atom. The second-order valence-electron chi connectivity index (χ2n) is 10.3. The van der Waals surface area contributed by atoms with Gasteiger partial charge in [-0.3, -0.25) is 9.89 Å². The Balaban J connectivity index is 1.50. The molecule has 1 aliphatic carbocycles. The van der Waals surface area contributed by atoms with E-state index >= 15 is 0 Å². The van der Waals surface area contributed by atoms with Crippen LogP contribution in [0, 0.1) is 5.92 Å². The van der Waals surface area contributed by atoms with Crippen molar-refractivity contribution in [3.8, 4) is 11.4 Å². The maximum atomic E-state index is 14.7. The molecule has 0 bridgehead atoms. The number of rotatable bonds is 7. The summed E-state index contributed by atoms with van der Waals surface area (Å²) in [5.41, 5.74) is 2.49. The number of halogens is 1. The summed E-state index contributed by atoms with van der Waals surface area (Å²) in [5, 5.41) is 2.76. The SMILES string of the molecule is CC(C)(C)c1ccc(-c2nc(CCC(F)CCC3CCCCC3)n3[nH]c(=O)cc3n2)cc1. The van der Waals surface area contributed by atoms with Gasteiger partial charge in [0, 0.05) is 18.1 Å². The number of H-pyrrole nitrogens is 1. The van der Waals surface area contributed by atoms with Crippen LogP contribution >= 0.6 is 0 Å². The van der Waals surface area contributed by atoms with Crippen molar-refractivity contribution in [2.45, 2.75) is 90.1 Å². The Morgan fingerprint density at radius 3 is 2.50 bits per heavy atom. The van der Waals surface area contributed by atoms with Crippen LogP contribution in [0.5, 0.6) is 0 Å². The maximum absolute atomic E-state index is 14.7. The third-order valence-corrected chi connectivity index (χ3v) is 6.73. The monoisotopic (exact) mass is 438 g/mol. The van der Waals surface area contributed by atoms with Crippen LogP contribution < -0.4 is 5.56 Å². The molecule has 172 valence electrons. The van der Waals surface area contributed by atoms with Crippen LogP contribution in [0.4, 0.5) is 4.39 Å². The van der Waals surface area contributed by atoms with Gasteiger partial charge in [0.1, 0.15) is 12.0 Å². The summed E-state index contributed by atoms with van der Waals surface area (Å²) in [7, 11) is 0. The molecule has 1 unspecified atom stereocenters. The van der Waals surface area contributed by atoms with Crippen LogP contribution in [0.2, 0.25) is 0 Å². The maximum Gasteiger partial charge on any atom is 0.266 e. The minimum atomic E-state index is -0.848. The molecule has 1 saturated carbocycles. The van der Waals surface area contributed by atoms with Crippen LogP contribution in [-0.2, 0) is 11.8 Å². The lowest BCUT2D eigenvalue weighted by Crippen LogP contribution is -2.13. The average molecular weight is 439 g/mol. The number of aryl methyl sites for hydroxylation is 1. The van der Waals surface area contributed by atoms with E-state index in [1.165, 1.54) is 43.7 Å². The smallest absolute Gasteiger partial charge is 0.266 e. The molecule has 1 aliphatic rings. The number of nitrogens with zero attached hydrogens (tertiary/aromatic N) is 3. The van der Waals surface area contributed by atoms with Crippen LogP contribution in [0.25, 0.3) is 17.0 Å². The Bertz CT molecular complexity index is 1090. The number of hydrogen-bond donors (Lipinski definition) is 1. The standard InChI is InChI=1S/C26H35FN4O/c1-26(2,3)20-12-10-19(11-13-20)25-28-22(31-23(29-25)17-24(32)30-31)16-15-21(27)14-9-18-7-5-4-6-8-18/h10-13,17-18,21H,4-9,14-16H2,1-3H3,(H,30,32). The summed E-state index contributed by atoms with van der Waals surface area (Å²) in [5.74, 6) is 1.90. The highest BCUT2D eigenvalue weighted by atomic mass is 19.1. The second-order valence-corrected chi connectivity index (χ2v) is 10.3. The molecule has 32 heavy (non-hydrogen) atoms. The van der Waals surface area contributed by atoms with Gasteiger partial charge in [-0.15, -0.1) is 0 Å². The first kappa shape index (κ1) is 22.7. The molecular weight excluding hydrogens is 403 g/mol. The zero-order chi connectivity index (χ0) is 22.7. The van der Waals surface area contributed by atoms with Gasteiger partial charge in [-0.2, -0.15) is 0 Å². The average Bonchev–Trinajstić information content (AvgIpc) is 3.16. The molecule has 0 radical (unpaired) electrons. The molecule has 0 aliphatic heterocycles. The summed E-state index contributed by atoms with van der Waals surface area (Å²) in [6.45, 7) is 6.53. The molecule has 5 nitrogen and oxygen atoms in total. The fraction of sp³-hybridized carbons (Fsp3) is 0.577. The number of fused-ring (bicyclic) bond motifs is 1. The van der Waals surface area contributed by atoms with Crippen molar-refractivity contribution >= 4 is 5.65 Å². The molecule has 3 aromatic rings. The van der Waals surface area contributed by atoms with Crippen LogP contribution in [0.15, 0.2) is 35.1 Å². The number of benzene rings is 1. The molecule has 1 atom stereocenters. The zero-order valence-electron chi connectivity index (χ0n) is 19.5. The van der Waals surface area contributed by atoms with E-state index in [9.17, 15) is 9.18 Å². The van der Waals surface area contributed by atoms with Crippen molar-refractivity contribution in [2.24, 2.45) is 5.92 Å². The predicted molar refractivity (Wildman–Crippen MR) is 127 cm³/mol. The number of aromatic nitrogens is 4. The van der Waals surface area contributed by atoms with Crippen LogP contribution in [0.1, 0.15) is 83.5 Å². The predicted octanol–water partition coefficient (Wildman–Crippen LogP) is 6.01. The highest BCUT2D eigenvalue weighted by Gasteiger charge is 2.18. The molecular formula is C26H35FN4O. The number of aromatic amines is 1. The van der Waals surface area contributed by atoms with Crippen molar-refractivity contribution < 1.29 is 4.39 Å². The van der Waals surface area contributed by atoms with Gasteiger partial charge in [0.25, 0.3) is 5.56 Å². The van der Waals surface area contributed by atoms with Crippen molar-refractivity contribution in [2.75, 3.05) is 0 Å². The van der Waals surface area contributed by atoms with Gasteiger partial charge in [-0.25, -0.2) is 18.9 Å². The van der Waals surface area contributed by atoms with E-state index in [1.54, 1.807) is 4.52 Å². The summed E-state index contributed by atoms with van der Waals surface area (Å²) < 4.78 is 16.3. The van der Waals surface area contributed by atoms with Crippen molar-refractivity contribution in [1.82, 2.24) is 19.6 Å². The molecule has 1 aromatic carbocycles. The molecule has 2 heterocycles. The van der Waals surface area contributed by atoms with E-state index in [-0.39, 0.29) is 11.0 Å². The quantitative estimate of drug-likeness (QED) is 0.491. The third kappa shape index (κ3) is 5.45. The fourth-order valence-electron chi connectivity index (χ4n) is 4.70. The van der Waals surface area contributed by atoms with E-state index in [2.05, 4.69) is 43.0 Å². The zero-order valence-corrected chi connectivity index (χ0v) is 19.5. The highest BCUT2D eigenvalue weighted by Crippen LogP contribution is 2.29. The number of alkyl halides is 1. The van der Waals surface area contributed by atoms with Crippen LogP contribution in [0.3, 0.4) is 0 Å². The van der Waals surface area contributed by atoms with Gasteiger partial charge >= 0.3 is 0 Å². The lowest BCUT2D eigenvalue weighted by molar-refractivity contribution is 0.248. The first-order valence-corrected chi connectivity index (χ1v) is 12.0. The minimum absolute atomic E-state index is 0.0657. The molecule has 1 N–H and O–H groups in total. The normalized spacial score (nSPS) is 16.5. The molecule has 0 saturated heterocycles. The lowest BCUT2D eigenvalue weighted by Gasteiger charge is -2.22. The van der Waals surface area contributed by atoms with Crippen molar-refractivity contribution in [3.05, 3.63) is 52.1 Å². The van der Waals surface area contributed by atoms with Gasteiger partial charge in [-0.1, -0.05) is 77.1 Å². The van der Waals surface area contributed by atoms with E-state index in [4.69, 9.17) is 4.98 Å².